The minimum absolute atomic E-state index is 0.0444. The molecule has 2 aliphatic carbocycles. The number of para-hydroxylation sites is 1. The molecule has 2 heterocycles. The molecule has 2 fully saturated rings. The lowest BCUT2D eigenvalue weighted by molar-refractivity contribution is -0.116. The highest BCUT2D eigenvalue weighted by atomic mass is 35.5. The number of fused-ring (bicyclic) bond motifs is 6. The van der Waals surface area contributed by atoms with Crippen molar-refractivity contribution in [1.82, 2.24) is 4.57 Å². The first-order valence-electron chi connectivity index (χ1n) is 11.1. The first kappa shape index (κ1) is 20.6. The van der Waals surface area contributed by atoms with Crippen LogP contribution in [0, 0.1) is 17.8 Å². The lowest BCUT2D eigenvalue weighted by Gasteiger charge is -2.40. The Kier molecular flexibility index (Phi) is 5.20. The number of benzene rings is 2. The number of nitrogens with one attached hydrogen (secondary N) is 1. The second-order valence-electron chi connectivity index (χ2n) is 9.06. The quantitative estimate of drug-likeness (QED) is 0.507. The number of hydrogen-bond acceptors (Lipinski definition) is 4. The van der Waals surface area contributed by atoms with Crippen molar-refractivity contribution in [3.05, 3.63) is 79.7 Å². The molecule has 3 aromatic rings. The summed E-state index contributed by atoms with van der Waals surface area (Å²) < 4.78 is 1.70. The minimum Gasteiger partial charge on any atom is -0.325 e. The van der Waals surface area contributed by atoms with Crippen LogP contribution < -0.4 is 10.2 Å². The first-order valence-corrected chi connectivity index (χ1v) is 13.2. The molecule has 1 amide bonds. The number of aromatic nitrogens is 1. The van der Waals surface area contributed by atoms with E-state index >= 15 is 0 Å². The van der Waals surface area contributed by atoms with Crippen LogP contribution in [0.25, 0.3) is 0 Å². The number of rotatable bonds is 4. The van der Waals surface area contributed by atoms with Gasteiger partial charge in [-0.1, -0.05) is 53.3 Å². The maximum Gasteiger partial charge on any atom is 0.308 e. The normalized spacial score (nSPS) is 27.7. The lowest BCUT2D eigenvalue weighted by Crippen LogP contribution is -2.34. The smallest absolute Gasteiger partial charge is 0.308 e. The summed E-state index contributed by atoms with van der Waals surface area (Å²) in [5.41, 5.74) is 1.98. The Morgan fingerprint density at radius 2 is 1.81 bits per heavy atom. The van der Waals surface area contributed by atoms with Gasteiger partial charge in [0.25, 0.3) is 0 Å². The molecule has 164 valence electrons. The number of carbonyl (C=O) groups excluding carboxylic acids is 1. The Labute approximate surface area is 200 Å². The van der Waals surface area contributed by atoms with Gasteiger partial charge in [0.1, 0.15) is 6.54 Å². The Morgan fingerprint density at radius 3 is 2.59 bits per heavy atom. The third-order valence-electron chi connectivity index (χ3n) is 7.28. The van der Waals surface area contributed by atoms with E-state index in [2.05, 4.69) is 17.4 Å². The van der Waals surface area contributed by atoms with E-state index in [9.17, 15) is 9.59 Å². The first-order chi connectivity index (χ1) is 15.6. The molecular weight excluding hydrogens is 460 g/mol. The third-order valence-corrected chi connectivity index (χ3v) is 10.4. The topological polar surface area (TPSA) is 51.1 Å². The summed E-state index contributed by atoms with van der Waals surface area (Å²) in [7, 11) is 0. The van der Waals surface area contributed by atoms with Gasteiger partial charge in [0, 0.05) is 26.8 Å². The predicted molar refractivity (Wildman–Crippen MR) is 131 cm³/mol. The van der Waals surface area contributed by atoms with Crippen molar-refractivity contribution >= 4 is 46.3 Å². The van der Waals surface area contributed by atoms with E-state index in [0.717, 1.165) is 26.5 Å². The molecule has 1 aliphatic heterocycles. The number of halogens is 1. The zero-order chi connectivity index (χ0) is 21.8. The lowest BCUT2D eigenvalue weighted by atomic mass is 9.75. The minimum atomic E-state index is -0.169. The summed E-state index contributed by atoms with van der Waals surface area (Å²) >= 11 is 9.36. The molecule has 2 bridgehead atoms. The van der Waals surface area contributed by atoms with E-state index in [0.29, 0.717) is 17.1 Å². The molecule has 4 nitrogen and oxygen atoms in total. The fraction of sp³-hybridized carbons (Fsp3) is 0.360. The summed E-state index contributed by atoms with van der Waals surface area (Å²) in [5, 5.41) is 5.16. The third kappa shape index (κ3) is 3.44. The number of nitrogens with zero attached hydrogens (tertiary/aromatic N) is 1. The number of anilines is 1. The van der Waals surface area contributed by atoms with E-state index in [1.807, 2.05) is 54.2 Å². The van der Waals surface area contributed by atoms with Gasteiger partial charge < -0.3 is 5.32 Å². The van der Waals surface area contributed by atoms with Gasteiger partial charge in [-0.15, -0.1) is 11.8 Å². The van der Waals surface area contributed by atoms with Crippen molar-refractivity contribution in [1.29, 1.82) is 0 Å². The molecule has 3 aliphatic rings. The van der Waals surface area contributed by atoms with Crippen LogP contribution in [0.1, 0.15) is 35.6 Å². The van der Waals surface area contributed by atoms with Crippen LogP contribution in [0.4, 0.5) is 5.69 Å². The molecule has 32 heavy (non-hydrogen) atoms. The van der Waals surface area contributed by atoms with Gasteiger partial charge >= 0.3 is 4.87 Å². The van der Waals surface area contributed by atoms with Gasteiger partial charge in [-0.05, 0) is 66.8 Å². The van der Waals surface area contributed by atoms with Crippen molar-refractivity contribution in [3.8, 4) is 0 Å². The zero-order valence-electron chi connectivity index (χ0n) is 17.4. The summed E-state index contributed by atoms with van der Waals surface area (Å²) in [6.07, 6.45) is 3.87. The average molecular weight is 483 g/mol. The second kappa shape index (κ2) is 8.08. The largest absolute Gasteiger partial charge is 0.325 e. The van der Waals surface area contributed by atoms with E-state index in [-0.39, 0.29) is 23.2 Å². The Balaban J connectivity index is 1.38. The van der Waals surface area contributed by atoms with Crippen molar-refractivity contribution in [2.24, 2.45) is 17.8 Å². The molecule has 1 aromatic heterocycles. The zero-order valence-corrected chi connectivity index (χ0v) is 19.8. The number of carbonyl (C=O) groups is 1. The monoisotopic (exact) mass is 482 g/mol. The average Bonchev–Trinajstić information content (AvgIpc) is 3.48. The SMILES string of the molecule is O=C(Cn1c2c(sc1=O)[C@H](c1ccc(Cl)cc1)[C@@H]1[C@@H]3CC[C@@H](C3)[C@@H]1S2)Nc1ccccc1. The van der Waals surface area contributed by atoms with Gasteiger partial charge in [-0.2, -0.15) is 0 Å². The van der Waals surface area contributed by atoms with Gasteiger partial charge in [-0.25, -0.2) is 0 Å². The summed E-state index contributed by atoms with van der Waals surface area (Å²) in [6.45, 7) is 0.0470. The van der Waals surface area contributed by atoms with Crippen LogP contribution in [-0.4, -0.2) is 15.7 Å². The number of thioether (sulfide) groups is 1. The van der Waals surface area contributed by atoms with Gasteiger partial charge in [0.05, 0.1) is 5.03 Å². The van der Waals surface area contributed by atoms with Crippen LogP contribution >= 0.6 is 34.7 Å². The van der Waals surface area contributed by atoms with Gasteiger partial charge in [0.2, 0.25) is 5.91 Å². The number of hydrogen-bond donors (Lipinski definition) is 1. The summed E-state index contributed by atoms with van der Waals surface area (Å²) in [4.78, 5) is 26.9. The predicted octanol–water partition coefficient (Wildman–Crippen LogP) is 5.85. The molecule has 1 N–H and O–H groups in total. The highest BCUT2D eigenvalue weighted by molar-refractivity contribution is 8.00. The molecule has 2 aromatic carbocycles. The van der Waals surface area contributed by atoms with Crippen molar-refractivity contribution in [3.63, 3.8) is 0 Å². The standard InChI is InChI=1S/C25H23ClN2O2S2/c26-17-10-8-14(9-11-17)20-21-15-6-7-16(12-15)22(21)31-24-23(20)32-25(30)28(24)13-19(29)27-18-4-2-1-3-5-18/h1-5,8-11,15-16,20-22H,6-7,12-13H2,(H,27,29)/t15-,16+,20-,21+,22+/m1/s1. The highest BCUT2D eigenvalue weighted by Gasteiger charge is 2.55. The number of amides is 1. The van der Waals surface area contributed by atoms with E-state index < -0.39 is 0 Å². The maximum absolute atomic E-state index is 13.1. The number of thiazole rings is 1. The highest BCUT2D eigenvalue weighted by Crippen LogP contribution is 2.64. The van der Waals surface area contributed by atoms with E-state index in [1.54, 1.807) is 4.57 Å². The molecule has 0 radical (unpaired) electrons. The molecular formula is C25H23ClN2O2S2. The van der Waals surface area contributed by atoms with Gasteiger partial charge in [0.15, 0.2) is 0 Å². The molecule has 5 atom stereocenters. The molecule has 2 saturated carbocycles. The summed E-state index contributed by atoms with van der Waals surface area (Å²) in [5.74, 6) is 2.02. The molecule has 0 saturated heterocycles. The van der Waals surface area contributed by atoms with Crippen LogP contribution in [0.3, 0.4) is 0 Å². The van der Waals surface area contributed by atoms with Gasteiger partial charge in [-0.3, -0.25) is 14.2 Å². The Hall–Kier alpha value is -2.02. The van der Waals surface area contributed by atoms with Crippen LogP contribution in [0.2, 0.25) is 5.02 Å². The second-order valence-corrected chi connectivity index (χ2v) is 11.7. The Morgan fingerprint density at radius 1 is 1.06 bits per heavy atom. The van der Waals surface area contributed by atoms with Crippen LogP contribution in [-0.2, 0) is 11.3 Å². The maximum atomic E-state index is 13.1. The summed E-state index contributed by atoms with van der Waals surface area (Å²) in [6, 6.07) is 17.5. The Bertz CT molecular complexity index is 1220. The van der Waals surface area contributed by atoms with Crippen molar-refractivity contribution in [2.75, 3.05) is 5.32 Å². The molecule has 7 heteroatoms. The molecule has 0 spiro atoms. The molecule has 0 unspecified atom stereocenters. The van der Waals surface area contributed by atoms with E-state index in [1.165, 1.54) is 36.2 Å². The van der Waals surface area contributed by atoms with Crippen LogP contribution in [0.15, 0.2) is 64.4 Å². The molecule has 6 rings (SSSR count). The van der Waals surface area contributed by atoms with Crippen molar-refractivity contribution < 1.29 is 4.79 Å². The fourth-order valence-electron chi connectivity index (χ4n) is 6.00. The van der Waals surface area contributed by atoms with Crippen molar-refractivity contribution in [2.45, 2.75) is 42.0 Å². The van der Waals surface area contributed by atoms with E-state index in [4.69, 9.17) is 11.6 Å². The van der Waals surface area contributed by atoms with Crippen LogP contribution in [0.5, 0.6) is 0 Å². The fourth-order valence-corrected chi connectivity index (χ4v) is 9.27.